The van der Waals surface area contributed by atoms with Crippen LogP contribution in [0.1, 0.15) is 25.0 Å². The van der Waals surface area contributed by atoms with Gasteiger partial charge in [-0.25, -0.2) is 4.39 Å². The minimum Gasteiger partial charge on any atom is -0.388 e. The third-order valence-electron chi connectivity index (χ3n) is 2.60. The Morgan fingerprint density at radius 2 is 2.19 bits per heavy atom. The first kappa shape index (κ1) is 13.4. The molecule has 2 nitrogen and oxygen atoms in total. The van der Waals surface area contributed by atoms with Gasteiger partial charge in [-0.1, -0.05) is 24.6 Å². The van der Waals surface area contributed by atoms with Crippen LogP contribution in [0.5, 0.6) is 0 Å². The van der Waals surface area contributed by atoms with Gasteiger partial charge in [0, 0.05) is 13.7 Å². The molecule has 1 N–H and O–H groups in total. The van der Waals surface area contributed by atoms with Crippen LogP contribution >= 0.6 is 11.6 Å². The lowest BCUT2D eigenvalue weighted by molar-refractivity contribution is 0.0886. The van der Waals surface area contributed by atoms with Crippen molar-refractivity contribution in [2.75, 3.05) is 13.7 Å². The van der Waals surface area contributed by atoms with Gasteiger partial charge in [0.05, 0.1) is 11.1 Å². The van der Waals surface area contributed by atoms with Gasteiger partial charge < -0.3 is 9.84 Å². The van der Waals surface area contributed by atoms with Crippen molar-refractivity contribution >= 4 is 11.6 Å². The first-order valence-corrected chi connectivity index (χ1v) is 5.56. The molecule has 0 radical (unpaired) electrons. The highest BCUT2D eigenvalue weighted by molar-refractivity contribution is 6.30. The highest BCUT2D eigenvalue weighted by Gasteiger charge is 2.17. The molecule has 0 amide bonds. The zero-order valence-electron chi connectivity index (χ0n) is 9.41. The predicted octanol–water partition coefficient (Wildman–Crippen LogP) is 3.19. The van der Waals surface area contributed by atoms with Gasteiger partial charge >= 0.3 is 0 Å². The third-order valence-corrected chi connectivity index (χ3v) is 2.89. The maximum Gasteiger partial charge on any atom is 0.141 e. The molecule has 0 aliphatic heterocycles. The molecule has 1 aromatic rings. The molecule has 0 aromatic heterocycles. The number of aliphatic hydroxyl groups excluding tert-OH is 1. The van der Waals surface area contributed by atoms with Crippen molar-refractivity contribution < 1.29 is 14.2 Å². The normalized spacial score (nSPS) is 14.8. The molecule has 0 fully saturated rings. The van der Waals surface area contributed by atoms with Crippen LogP contribution in [-0.2, 0) is 4.74 Å². The monoisotopic (exact) mass is 246 g/mol. The Kier molecular flexibility index (Phi) is 5.19. The molecule has 4 heteroatoms. The Bertz CT molecular complexity index is 344. The number of methoxy groups -OCH3 is 1. The van der Waals surface area contributed by atoms with E-state index in [-0.39, 0.29) is 10.9 Å². The maximum absolute atomic E-state index is 12.9. The van der Waals surface area contributed by atoms with Crippen LogP contribution in [0.2, 0.25) is 5.02 Å². The van der Waals surface area contributed by atoms with Crippen molar-refractivity contribution in [2.45, 2.75) is 19.4 Å². The summed E-state index contributed by atoms with van der Waals surface area (Å²) in [5.74, 6) is -0.427. The van der Waals surface area contributed by atoms with E-state index < -0.39 is 11.9 Å². The molecule has 0 saturated carbocycles. The van der Waals surface area contributed by atoms with Gasteiger partial charge in [-0.3, -0.25) is 0 Å². The van der Waals surface area contributed by atoms with Crippen LogP contribution in [-0.4, -0.2) is 18.8 Å². The molecule has 90 valence electrons. The summed E-state index contributed by atoms with van der Waals surface area (Å²) < 4.78 is 17.9. The zero-order valence-corrected chi connectivity index (χ0v) is 10.2. The maximum atomic E-state index is 12.9. The van der Waals surface area contributed by atoms with Gasteiger partial charge in [-0.15, -0.1) is 0 Å². The van der Waals surface area contributed by atoms with Gasteiger partial charge in [0.15, 0.2) is 0 Å². The van der Waals surface area contributed by atoms with E-state index in [1.165, 1.54) is 12.1 Å². The second-order valence-electron chi connectivity index (χ2n) is 3.88. The number of halogens is 2. The lowest BCUT2D eigenvalue weighted by atomic mass is 9.95. The van der Waals surface area contributed by atoms with Gasteiger partial charge in [-0.05, 0) is 30.0 Å². The Balaban J connectivity index is 2.71. The van der Waals surface area contributed by atoms with E-state index in [0.29, 0.717) is 12.2 Å². The summed E-state index contributed by atoms with van der Waals surface area (Å²) in [6.07, 6.45) is 0.0976. The molecular formula is C12H16ClFO2. The standard InChI is InChI=1S/C12H16ClFO2/c1-8(5-6-16-2)12(15)9-3-4-11(14)10(13)7-9/h3-4,7-8,12,15H,5-6H2,1-2H3. The number of aliphatic hydroxyl groups is 1. The largest absolute Gasteiger partial charge is 0.388 e. The fourth-order valence-corrected chi connectivity index (χ4v) is 1.68. The molecule has 0 aliphatic rings. The first-order valence-electron chi connectivity index (χ1n) is 5.18. The van der Waals surface area contributed by atoms with E-state index in [9.17, 15) is 9.50 Å². The molecule has 16 heavy (non-hydrogen) atoms. The molecule has 1 aromatic carbocycles. The number of ether oxygens (including phenoxy) is 1. The van der Waals surface area contributed by atoms with E-state index in [1.54, 1.807) is 13.2 Å². The average molecular weight is 247 g/mol. The minimum atomic E-state index is -0.645. The second kappa shape index (κ2) is 6.18. The van der Waals surface area contributed by atoms with Crippen molar-refractivity contribution in [1.29, 1.82) is 0 Å². The highest BCUT2D eigenvalue weighted by Crippen LogP contribution is 2.27. The summed E-state index contributed by atoms with van der Waals surface area (Å²) in [7, 11) is 1.62. The summed E-state index contributed by atoms with van der Waals surface area (Å²) in [6.45, 7) is 2.51. The summed E-state index contributed by atoms with van der Waals surface area (Å²) in [5, 5.41) is 10.0. The Labute approximate surface area is 100.0 Å². The zero-order chi connectivity index (χ0) is 12.1. The van der Waals surface area contributed by atoms with E-state index in [2.05, 4.69) is 0 Å². The SMILES string of the molecule is COCCC(C)C(O)c1ccc(F)c(Cl)c1. The van der Waals surface area contributed by atoms with Gasteiger partial charge in [0.2, 0.25) is 0 Å². The number of hydrogen-bond donors (Lipinski definition) is 1. The van der Waals surface area contributed by atoms with E-state index in [4.69, 9.17) is 16.3 Å². The molecule has 0 heterocycles. The predicted molar refractivity (Wildman–Crippen MR) is 62.0 cm³/mol. The summed E-state index contributed by atoms with van der Waals surface area (Å²) in [5.41, 5.74) is 0.634. The lowest BCUT2D eigenvalue weighted by Gasteiger charge is -2.19. The van der Waals surface area contributed by atoms with Crippen LogP contribution < -0.4 is 0 Å². The van der Waals surface area contributed by atoms with Crippen molar-refractivity contribution in [2.24, 2.45) is 5.92 Å². The summed E-state index contributed by atoms with van der Waals surface area (Å²) in [4.78, 5) is 0. The number of hydrogen-bond acceptors (Lipinski definition) is 2. The average Bonchev–Trinajstić information content (AvgIpc) is 2.28. The van der Waals surface area contributed by atoms with Gasteiger partial charge in [0.1, 0.15) is 5.82 Å². The van der Waals surface area contributed by atoms with Crippen LogP contribution in [0, 0.1) is 11.7 Å². The molecular weight excluding hydrogens is 231 g/mol. The summed E-state index contributed by atoms with van der Waals surface area (Å²) in [6, 6.07) is 4.28. The minimum absolute atomic E-state index is 0.0375. The molecule has 0 aliphatic carbocycles. The molecule has 2 atom stereocenters. The smallest absolute Gasteiger partial charge is 0.141 e. The topological polar surface area (TPSA) is 29.5 Å². The molecule has 0 bridgehead atoms. The fraction of sp³-hybridized carbons (Fsp3) is 0.500. The Hall–Kier alpha value is -0.640. The molecule has 1 rings (SSSR count). The van der Waals surface area contributed by atoms with E-state index >= 15 is 0 Å². The van der Waals surface area contributed by atoms with Crippen LogP contribution in [0.25, 0.3) is 0 Å². The second-order valence-corrected chi connectivity index (χ2v) is 4.28. The molecule has 0 spiro atoms. The van der Waals surface area contributed by atoms with Crippen LogP contribution in [0.3, 0.4) is 0 Å². The number of rotatable bonds is 5. The van der Waals surface area contributed by atoms with E-state index in [0.717, 1.165) is 6.42 Å². The molecule has 0 saturated heterocycles. The van der Waals surface area contributed by atoms with Crippen molar-refractivity contribution in [1.82, 2.24) is 0 Å². The third kappa shape index (κ3) is 3.44. The first-order chi connectivity index (χ1) is 7.56. The molecule has 2 unspecified atom stereocenters. The quantitative estimate of drug-likeness (QED) is 0.865. The van der Waals surface area contributed by atoms with E-state index in [1.807, 2.05) is 6.92 Å². The van der Waals surface area contributed by atoms with Gasteiger partial charge in [0.25, 0.3) is 0 Å². The Morgan fingerprint density at radius 3 is 2.75 bits per heavy atom. The Morgan fingerprint density at radius 1 is 1.50 bits per heavy atom. The summed E-state index contributed by atoms with van der Waals surface area (Å²) >= 11 is 5.66. The highest BCUT2D eigenvalue weighted by atomic mass is 35.5. The van der Waals surface area contributed by atoms with Crippen molar-refractivity contribution in [3.05, 3.63) is 34.6 Å². The van der Waals surface area contributed by atoms with Crippen molar-refractivity contribution in [3.63, 3.8) is 0 Å². The van der Waals surface area contributed by atoms with Crippen LogP contribution in [0.15, 0.2) is 18.2 Å². The van der Waals surface area contributed by atoms with Crippen LogP contribution in [0.4, 0.5) is 4.39 Å². The lowest BCUT2D eigenvalue weighted by Crippen LogP contribution is -2.11. The fourth-order valence-electron chi connectivity index (χ4n) is 1.49. The van der Waals surface area contributed by atoms with Crippen molar-refractivity contribution in [3.8, 4) is 0 Å². The van der Waals surface area contributed by atoms with Gasteiger partial charge in [-0.2, -0.15) is 0 Å². The number of benzene rings is 1.